The summed E-state index contributed by atoms with van der Waals surface area (Å²) in [7, 11) is 1.59. The first-order valence-corrected chi connectivity index (χ1v) is 5.85. The van der Waals surface area contributed by atoms with Gasteiger partial charge in [-0.15, -0.1) is 11.6 Å². The Balaban J connectivity index is 2.29. The topological polar surface area (TPSA) is 21.3 Å². The first-order chi connectivity index (χ1) is 8.15. The minimum atomic E-state index is -0.820. The highest BCUT2D eigenvalue weighted by Crippen LogP contribution is 2.11. The lowest BCUT2D eigenvalue weighted by Gasteiger charge is -2.09. The van der Waals surface area contributed by atoms with Gasteiger partial charge in [-0.2, -0.15) is 0 Å². The fraction of sp³-hybridized carbons (Fsp3) is 0.500. The van der Waals surface area contributed by atoms with Gasteiger partial charge in [-0.05, 0) is 19.0 Å². The third-order valence-electron chi connectivity index (χ3n) is 2.33. The molecule has 2 nitrogen and oxygen atoms in total. The number of alkyl halides is 1. The van der Waals surface area contributed by atoms with Gasteiger partial charge in [0, 0.05) is 19.2 Å². The molecule has 0 fully saturated rings. The van der Waals surface area contributed by atoms with Gasteiger partial charge in [0.05, 0.1) is 12.0 Å². The van der Waals surface area contributed by atoms with Crippen LogP contribution in [0.3, 0.4) is 0 Å². The maximum absolute atomic E-state index is 13.2. The van der Waals surface area contributed by atoms with E-state index >= 15 is 0 Å². The summed E-state index contributed by atoms with van der Waals surface area (Å²) in [4.78, 5) is 0. The predicted molar refractivity (Wildman–Crippen MR) is 64.2 cm³/mol. The molecule has 0 heterocycles. The summed E-state index contributed by atoms with van der Waals surface area (Å²) in [5, 5.41) is 2.95. The molecular weight excluding hydrogens is 248 g/mol. The van der Waals surface area contributed by atoms with Gasteiger partial charge in [-0.25, -0.2) is 8.78 Å². The number of ether oxygens (including phenoxy) is 1. The number of rotatable bonds is 7. The smallest absolute Gasteiger partial charge is 0.163 e. The number of hydrogen-bond acceptors (Lipinski definition) is 2. The van der Waals surface area contributed by atoms with Gasteiger partial charge in [-0.1, -0.05) is 12.1 Å². The number of benzene rings is 1. The highest BCUT2D eigenvalue weighted by molar-refractivity contribution is 6.20. The van der Waals surface area contributed by atoms with E-state index in [2.05, 4.69) is 5.32 Å². The molecule has 0 bridgehead atoms. The van der Waals surface area contributed by atoms with Crippen LogP contribution in [-0.4, -0.2) is 25.6 Å². The lowest BCUT2D eigenvalue weighted by Crippen LogP contribution is -2.20. The van der Waals surface area contributed by atoms with E-state index in [1.807, 2.05) is 0 Å². The fourth-order valence-electron chi connectivity index (χ4n) is 1.43. The predicted octanol–water partition coefficient (Wildman–Crippen LogP) is 2.70. The second-order valence-corrected chi connectivity index (χ2v) is 4.35. The average Bonchev–Trinajstić information content (AvgIpc) is 2.30. The summed E-state index contributed by atoms with van der Waals surface area (Å²) in [6.45, 7) is 1.41. The molecule has 0 saturated carbocycles. The molecule has 17 heavy (non-hydrogen) atoms. The summed E-state index contributed by atoms with van der Waals surface area (Å²) in [5.74, 6) is -1.61. The van der Waals surface area contributed by atoms with Crippen molar-refractivity contribution in [2.45, 2.75) is 18.3 Å². The van der Waals surface area contributed by atoms with Crippen LogP contribution >= 0.6 is 11.6 Å². The van der Waals surface area contributed by atoms with Crippen molar-refractivity contribution in [3.05, 3.63) is 35.4 Å². The fourth-order valence-corrected chi connectivity index (χ4v) is 1.67. The first kappa shape index (κ1) is 14.4. The highest BCUT2D eigenvalue weighted by atomic mass is 35.5. The van der Waals surface area contributed by atoms with Crippen LogP contribution in [0.4, 0.5) is 8.78 Å². The van der Waals surface area contributed by atoms with E-state index in [1.165, 1.54) is 6.07 Å². The van der Waals surface area contributed by atoms with Gasteiger partial charge in [0.2, 0.25) is 0 Å². The molecular formula is C12H16ClF2NO. The Kier molecular flexibility index (Phi) is 6.40. The third-order valence-corrected chi connectivity index (χ3v) is 2.67. The lowest BCUT2D eigenvalue weighted by atomic mass is 10.2. The van der Waals surface area contributed by atoms with Crippen LogP contribution in [0.1, 0.15) is 12.0 Å². The molecule has 96 valence electrons. The van der Waals surface area contributed by atoms with Crippen molar-refractivity contribution >= 4 is 11.6 Å². The zero-order valence-electron chi connectivity index (χ0n) is 9.68. The van der Waals surface area contributed by atoms with Crippen molar-refractivity contribution < 1.29 is 13.5 Å². The van der Waals surface area contributed by atoms with E-state index in [1.54, 1.807) is 13.2 Å². The van der Waals surface area contributed by atoms with Crippen LogP contribution in [0.25, 0.3) is 0 Å². The molecule has 0 amide bonds. The Labute approximate surface area is 105 Å². The number of nitrogens with one attached hydrogen (secondary N) is 1. The van der Waals surface area contributed by atoms with Crippen molar-refractivity contribution in [3.63, 3.8) is 0 Å². The molecule has 0 aliphatic rings. The van der Waals surface area contributed by atoms with Gasteiger partial charge < -0.3 is 10.1 Å². The van der Waals surface area contributed by atoms with E-state index in [-0.39, 0.29) is 5.38 Å². The van der Waals surface area contributed by atoms with E-state index in [0.717, 1.165) is 6.07 Å². The summed E-state index contributed by atoms with van der Waals surface area (Å²) in [5.41, 5.74) is 0.322. The lowest BCUT2D eigenvalue weighted by molar-refractivity contribution is 0.195. The molecule has 0 saturated heterocycles. The summed E-state index contributed by atoms with van der Waals surface area (Å²) in [6.07, 6.45) is 0.715. The van der Waals surface area contributed by atoms with E-state index in [9.17, 15) is 8.78 Å². The van der Waals surface area contributed by atoms with Crippen molar-refractivity contribution in [3.8, 4) is 0 Å². The SMILES string of the molecule is COCC(Cl)CCNCc1cccc(F)c1F. The normalized spacial score (nSPS) is 12.7. The Bertz CT molecular complexity index is 349. The molecule has 1 atom stereocenters. The third kappa shape index (κ3) is 4.98. The Morgan fingerprint density at radius 2 is 2.18 bits per heavy atom. The van der Waals surface area contributed by atoms with Crippen LogP contribution in [-0.2, 0) is 11.3 Å². The molecule has 1 aromatic carbocycles. The molecule has 1 N–H and O–H groups in total. The summed E-state index contributed by atoms with van der Waals surface area (Å²) in [6, 6.07) is 4.15. The van der Waals surface area contributed by atoms with E-state index in [0.29, 0.717) is 31.7 Å². The Hall–Kier alpha value is -0.710. The van der Waals surface area contributed by atoms with E-state index in [4.69, 9.17) is 16.3 Å². The van der Waals surface area contributed by atoms with Crippen molar-refractivity contribution in [2.24, 2.45) is 0 Å². The molecule has 1 rings (SSSR count). The molecule has 0 aliphatic carbocycles. The Morgan fingerprint density at radius 3 is 2.88 bits per heavy atom. The monoisotopic (exact) mass is 263 g/mol. The maximum atomic E-state index is 13.2. The number of halogens is 3. The van der Waals surface area contributed by atoms with Gasteiger partial charge >= 0.3 is 0 Å². The van der Waals surface area contributed by atoms with Gasteiger partial charge in [0.1, 0.15) is 0 Å². The van der Waals surface area contributed by atoms with Crippen molar-refractivity contribution in [2.75, 3.05) is 20.3 Å². The summed E-state index contributed by atoms with van der Waals surface area (Å²) < 4.78 is 31.0. The highest BCUT2D eigenvalue weighted by Gasteiger charge is 2.07. The zero-order valence-corrected chi connectivity index (χ0v) is 10.4. The average molecular weight is 264 g/mol. The minimum absolute atomic E-state index is 0.0649. The van der Waals surface area contributed by atoms with Crippen LogP contribution < -0.4 is 5.32 Å². The van der Waals surface area contributed by atoms with Crippen molar-refractivity contribution in [1.29, 1.82) is 0 Å². The molecule has 5 heteroatoms. The Morgan fingerprint density at radius 1 is 1.41 bits per heavy atom. The zero-order chi connectivity index (χ0) is 12.7. The molecule has 0 aromatic heterocycles. The van der Waals surface area contributed by atoms with Gasteiger partial charge in [0.25, 0.3) is 0 Å². The molecule has 1 aromatic rings. The van der Waals surface area contributed by atoms with Gasteiger partial charge in [-0.3, -0.25) is 0 Å². The van der Waals surface area contributed by atoms with Crippen LogP contribution in [0.15, 0.2) is 18.2 Å². The minimum Gasteiger partial charge on any atom is -0.383 e. The largest absolute Gasteiger partial charge is 0.383 e. The quantitative estimate of drug-likeness (QED) is 0.603. The van der Waals surface area contributed by atoms with Gasteiger partial charge in [0.15, 0.2) is 11.6 Å². The molecule has 0 aliphatic heterocycles. The second-order valence-electron chi connectivity index (χ2n) is 3.73. The number of hydrogen-bond donors (Lipinski definition) is 1. The maximum Gasteiger partial charge on any atom is 0.163 e. The van der Waals surface area contributed by atoms with Crippen LogP contribution in [0, 0.1) is 11.6 Å². The van der Waals surface area contributed by atoms with Crippen molar-refractivity contribution in [1.82, 2.24) is 5.32 Å². The molecule has 0 spiro atoms. The standard InChI is InChI=1S/C12H16ClF2NO/c1-17-8-10(13)5-6-16-7-9-3-2-4-11(14)12(9)15/h2-4,10,16H,5-8H2,1H3. The summed E-state index contributed by atoms with van der Waals surface area (Å²) >= 11 is 5.92. The van der Waals surface area contributed by atoms with E-state index < -0.39 is 11.6 Å². The number of methoxy groups -OCH3 is 1. The first-order valence-electron chi connectivity index (χ1n) is 5.41. The molecule has 1 unspecified atom stereocenters. The second kappa shape index (κ2) is 7.58. The molecule has 0 radical (unpaired) electrons. The van der Waals surface area contributed by atoms with Crippen LogP contribution in [0.5, 0.6) is 0 Å². The van der Waals surface area contributed by atoms with Crippen LogP contribution in [0.2, 0.25) is 0 Å².